The minimum absolute atomic E-state index is 0.163. The number of carbonyl (C=O) groups excluding carboxylic acids is 1. The van der Waals surface area contributed by atoms with Crippen LogP contribution in [-0.2, 0) is 25.6 Å². The second-order valence-corrected chi connectivity index (χ2v) is 8.06. The number of aromatic nitrogens is 2. The molecule has 0 aliphatic heterocycles. The van der Waals surface area contributed by atoms with Crippen molar-refractivity contribution in [2.45, 2.75) is 32.5 Å². The summed E-state index contributed by atoms with van der Waals surface area (Å²) in [7, 11) is 0. The zero-order valence-electron chi connectivity index (χ0n) is 17.7. The van der Waals surface area contributed by atoms with E-state index in [1.54, 1.807) is 30.3 Å². The van der Waals surface area contributed by atoms with Crippen LogP contribution in [-0.4, -0.2) is 15.7 Å². The van der Waals surface area contributed by atoms with Gasteiger partial charge < -0.3 is 9.73 Å². The van der Waals surface area contributed by atoms with Gasteiger partial charge in [-0.05, 0) is 49.2 Å². The first-order chi connectivity index (χ1) is 15.8. The highest BCUT2D eigenvalue weighted by Crippen LogP contribution is 2.42. The van der Waals surface area contributed by atoms with E-state index in [9.17, 15) is 18.0 Å². The number of carbonyl (C=O) groups is 1. The average molecular weight is 451 g/mol. The fourth-order valence-electron chi connectivity index (χ4n) is 4.11. The number of amides is 1. The van der Waals surface area contributed by atoms with Crippen LogP contribution in [0, 0.1) is 6.92 Å². The number of hydrogen-bond donors (Lipinski definition) is 1. The lowest BCUT2D eigenvalue weighted by molar-refractivity contribution is -0.142. The molecule has 0 spiro atoms. The number of aryl methyl sites for hydroxylation is 2. The molecule has 0 atom stereocenters. The number of benzene rings is 2. The summed E-state index contributed by atoms with van der Waals surface area (Å²) in [5, 5.41) is 6.77. The maximum Gasteiger partial charge on any atom is 0.435 e. The van der Waals surface area contributed by atoms with Gasteiger partial charge in [0.2, 0.25) is 0 Å². The third-order valence-corrected chi connectivity index (χ3v) is 5.80. The first kappa shape index (κ1) is 21.1. The zero-order chi connectivity index (χ0) is 23.2. The summed E-state index contributed by atoms with van der Waals surface area (Å²) in [6.07, 6.45) is -2.49. The normalized spacial score (nSPS) is 12.8. The Morgan fingerprint density at radius 2 is 1.79 bits per heavy atom. The largest absolute Gasteiger partial charge is 0.469 e. The fraction of sp³-hybridized carbons (Fsp3) is 0.200. The van der Waals surface area contributed by atoms with Crippen molar-refractivity contribution in [2.75, 3.05) is 0 Å². The van der Waals surface area contributed by atoms with Gasteiger partial charge in [-0.1, -0.05) is 29.8 Å². The van der Waals surface area contributed by atoms with Gasteiger partial charge in [0.25, 0.3) is 5.91 Å². The van der Waals surface area contributed by atoms with Gasteiger partial charge in [0, 0.05) is 29.7 Å². The van der Waals surface area contributed by atoms with Crippen LogP contribution < -0.4 is 5.32 Å². The number of rotatable bonds is 4. The van der Waals surface area contributed by atoms with Crippen molar-refractivity contribution in [3.05, 3.63) is 94.6 Å². The van der Waals surface area contributed by atoms with E-state index in [4.69, 9.17) is 4.42 Å². The lowest BCUT2D eigenvalue weighted by atomic mass is 9.94. The number of hydrogen-bond acceptors (Lipinski definition) is 3. The molecule has 168 valence electrons. The third-order valence-electron chi connectivity index (χ3n) is 5.80. The van der Waals surface area contributed by atoms with Gasteiger partial charge in [-0.25, -0.2) is 4.68 Å². The van der Waals surface area contributed by atoms with E-state index in [0.717, 1.165) is 11.1 Å². The maximum atomic E-state index is 13.7. The van der Waals surface area contributed by atoms with Crippen molar-refractivity contribution in [2.24, 2.45) is 0 Å². The van der Waals surface area contributed by atoms with Gasteiger partial charge in [0.1, 0.15) is 5.76 Å². The van der Waals surface area contributed by atoms with Crippen molar-refractivity contribution in [3.63, 3.8) is 0 Å². The summed E-state index contributed by atoms with van der Waals surface area (Å²) in [5.41, 5.74) is 3.23. The Morgan fingerprint density at radius 3 is 2.48 bits per heavy atom. The van der Waals surface area contributed by atoms with Gasteiger partial charge in [0.05, 0.1) is 17.6 Å². The van der Waals surface area contributed by atoms with Crippen LogP contribution in [0.3, 0.4) is 0 Å². The van der Waals surface area contributed by atoms with Gasteiger partial charge in [-0.15, -0.1) is 0 Å². The maximum absolute atomic E-state index is 13.7. The number of furan rings is 1. The van der Waals surface area contributed by atoms with E-state index >= 15 is 0 Å². The van der Waals surface area contributed by atoms with Gasteiger partial charge >= 0.3 is 6.18 Å². The first-order valence-electron chi connectivity index (χ1n) is 10.5. The van der Waals surface area contributed by atoms with Crippen LogP contribution in [0.1, 0.15) is 38.5 Å². The SMILES string of the molecule is Cc1ccc(CNC(=O)c2ccc(-n3nc(C(F)(F)F)c4c3-c3ccoc3CC4)cc2)cc1. The molecule has 0 saturated heterocycles. The number of halogens is 3. The fourth-order valence-corrected chi connectivity index (χ4v) is 4.11. The minimum Gasteiger partial charge on any atom is -0.469 e. The lowest BCUT2D eigenvalue weighted by Gasteiger charge is -2.15. The molecular weight excluding hydrogens is 431 g/mol. The molecule has 5 nitrogen and oxygen atoms in total. The van der Waals surface area contributed by atoms with Crippen molar-refractivity contribution in [1.82, 2.24) is 15.1 Å². The summed E-state index contributed by atoms with van der Waals surface area (Å²) in [4.78, 5) is 12.5. The molecule has 1 aliphatic carbocycles. The molecule has 0 bridgehead atoms. The summed E-state index contributed by atoms with van der Waals surface area (Å²) in [6, 6.07) is 15.9. The van der Waals surface area contributed by atoms with Crippen molar-refractivity contribution < 1.29 is 22.4 Å². The monoisotopic (exact) mass is 451 g/mol. The van der Waals surface area contributed by atoms with E-state index in [1.807, 2.05) is 31.2 Å². The highest BCUT2D eigenvalue weighted by atomic mass is 19.4. The van der Waals surface area contributed by atoms with Crippen molar-refractivity contribution in [3.8, 4) is 16.9 Å². The zero-order valence-corrected chi connectivity index (χ0v) is 17.7. The summed E-state index contributed by atoms with van der Waals surface area (Å²) in [6.45, 7) is 2.37. The predicted octanol–water partition coefficient (Wildman–Crippen LogP) is 5.49. The molecule has 2 aromatic carbocycles. The molecule has 1 aliphatic rings. The standard InChI is InChI=1S/C25H20F3N3O2/c1-15-2-4-16(5-3-15)14-29-24(32)17-6-8-18(9-7-17)31-22-19-12-13-33-21(19)11-10-20(22)23(30-31)25(26,27)28/h2-9,12-13H,10-11,14H2,1H3,(H,29,32). The Kier molecular flexibility index (Phi) is 5.08. The van der Waals surface area contributed by atoms with Crippen LogP contribution in [0.2, 0.25) is 0 Å². The Morgan fingerprint density at radius 1 is 1.06 bits per heavy atom. The van der Waals surface area contributed by atoms with E-state index in [0.29, 0.717) is 41.2 Å². The first-order valence-corrected chi connectivity index (χ1v) is 10.5. The molecule has 8 heteroatoms. The molecular formula is C25H20F3N3O2. The minimum atomic E-state index is -4.56. The average Bonchev–Trinajstić information content (AvgIpc) is 3.43. The predicted molar refractivity (Wildman–Crippen MR) is 116 cm³/mol. The Balaban J connectivity index is 1.43. The number of nitrogens with zero attached hydrogens (tertiary/aromatic N) is 2. The molecule has 0 fully saturated rings. The Labute approximate surface area is 187 Å². The number of nitrogens with one attached hydrogen (secondary N) is 1. The molecule has 0 radical (unpaired) electrons. The molecule has 1 N–H and O–H groups in total. The summed E-state index contributed by atoms with van der Waals surface area (Å²) >= 11 is 0. The quantitative estimate of drug-likeness (QED) is 0.447. The highest BCUT2D eigenvalue weighted by Gasteiger charge is 2.41. The smallest absolute Gasteiger partial charge is 0.435 e. The van der Waals surface area contributed by atoms with Crippen LogP contribution in [0.4, 0.5) is 13.2 Å². The highest BCUT2D eigenvalue weighted by molar-refractivity contribution is 5.94. The van der Waals surface area contributed by atoms with E-state index in [-0.39, 0.29) is 17.9 Å². The topological polar surface area (TPSA) is 60.1 Å². The second kappa shape index (κ2) is 7.95. The summed E-state index contributed by atoms with van der Waals surface area (Å²) in [5.74, 6) is 0.377. The molecule has 0 saturated carbocycles. The van der Waals surface area contributed by atoms with Gasteiger partial charge in [0.15, 0.2) is 5.69 Å². The second-order valence-electron chi connectivity index (χ2n) is 8.06. The Bertz CT molecular complexity index is 1320. The van der Waals surface area contributed by atoms with E-state index in [2.05, 4.69) is 10.4 Å². The van der Waals surface area contributed by atoms with Crippen LogP contribution in [0.15, 0.2) is 65.3 Å². The molecule has 2 heterocycles. The summed E-state index contributed by atoms with van der Waals surface area (Å²) < 4.78 is 47.7. The molecule has 5 rings (SSSR count). The number of alkyl halides is 3. The molecule has 33 heavy (non-hydrogen) atoms. The molecule has 1 amide bonds. The number of fused-ring (bicyclic) bond motifs is 3. The third kappa shape index (κ3) is 3.92. The van der Waals surface area contributed by atoms with Crippen molar-refractivity contribution in [1.29, 1.82) is 0 Å². The van der Waals surface area contributed by atoms with Gasteiger partial charge in [-0.2, -0.15) is 18.3 Å². The molecule has 2 aromatic heterocycles. The van der Waals surface area contributed by atoms with Gasteiger partial charge in [-0.3, -0.25) is 4.79 Å². The molecule has 4 aromatic rings. The van der Waals surface area contributed by atoms with E-state index in [1.165, 1.54) is 10.9 Å². The Hall–Kier alpha value is -3.81. The van der Waals surface area contributed by atoms with Crippen LogP contribution in [0.25, 0.3) is 16.9 Å². The lowest BCUT2D eigenvalue weighted by Crippen LogP contribution is -2.22. The van der Waals surface area contributed by atoms with E-state index < -0.39 is 11.9 Å². The van der Waals surface area contributed by atoms with Crippen molar-refractivity contribution >= 4 is 5.91 Å². The molecule has 0 unspecified atom stereocenters. The van der Waals surface area contributed by atoms with Crippen LogP contribution in [0.5, 0.6) is 0 Å². The van der Waals surface area contributed by atoms with Crippen LogP contribution >= 0.6 is 0 Å².